The maximum absolute atomic E-state index is 6.21. The number of fused-ring (bicyclic) bond motifs is 7. The Morgan fingerprint density at radius 1 is 0.407 bits per heavy atom. The summed E-state index contributed by atoms with van der Waals surface area (Å²) in [6.07, 6.45) is 2.38. The number of aromatic nitrogens is 1. The molecule has 59 heavy (non-hydrogen) atoms. The summed E-state index contributed by atoms with van der Waals surface area (Å²) >= 11 is 0. The quantitative estimate of drug-likeness (QED) is 0.121. The second-order valence-electron chi connectivity index (χ2n) is 18.0. The molecule has 0 radical (unpaired) electrons. The largest absolute Gasteiger partial charge is 0.456 e. The van der Waals surface area contributed by atoms with E-state index in [2.05, 4.69) is 208 Å². The van der Waals surface area contributed by atoms with E-state index in [1.165, 1.54) is 83.3 Å². The molecular formula is C56H47NOSi. The van der Waals surface area contributed by atoms with Crippen LogP contribution in [0.5, 0.6) is 0 Å². The molecule has 0 unspecified atom stereocenters. The van der Waals surface area contributed by atoms with Gasteiger partial charge in [0.25, 0.3) is 0 Å². The predicted octanol–water partition coefficient (Wildman–Crippen LogP) is 12.1. The first-order valence-electron chi connectivity index (χ1n) is 21.0. The molecule has 0 aliphatic heterocycles. The summed E-state index contributed by atoms with van der Waals surface area (Å²) in [7, 11) is -2.87. The van der Waals surface area contributed by atoms with E-state index in [0.717, 1.165) is 21.9 Å². The van der Waals surface area contributed by atoms with Crippen molar-refractivity contribution < 1.29 is 4.42 Å². The van der Waals surface area contributed by atoms with Crippen LogP contribution in [-0.4, -0.2) is 12.6 Å². The SMILES string of the molecule is CC1(C)CCC(C)(C)c2cc([Si](c3ccccc3)(c3ccccc3)c3cccc(-n4c5ccccc5c5ccc(-c6ccc7oc8ccccc8c7c6)cc54)c3)ccc21. The standard InChI is InChI=1S/C56H47NOSi/c1-55(2)32-33-56(3,4)50-37-44(28-30-49(50)55)59(41-17-7-5-8-18-41,42-19-9-6-10-20-42)43-21-15-16-40(36-43)57-51-24-13-11-22-45(51)46-29-26-39(35-52(46)57)38-27-31-54-48(34-38)47-23-12-14-25-53(47)58-54/h5-31,34-37H,32-33H2,1-4H3. The molecule has 10 aromatic rings. The molecule has 0 fully saturated rings. The topological polar surface area (TPSA) is 18.1 Å². The molecular weight excluding hydrogens is 731 g/mol. The normalized spacial score (nSPS) is 14.9. The minimum absolute atomic E-state index is 0.0894. The lowest BCUT2D eigenvalue weighted by molar-refractivity contribution is 0.332. The van der Waals surface area contributed by atoms with E-state index in [0.29, 0.717) is 0 Å². The highest BCUT2D eigenvalue weighted by Crippen LogP contribution is 2.45. The van der Waals surface area contributed by atoms with Crippen LogP contribution in [0.3, 0.4) is 0 Å². The van der Waals surface area contributed by atoms with Gasteiger partial charge in [0.15, 0.2) is 8.07 Å². The lowest BCUT2D eigenvalue weighted by Gasteiger charge is -2.43. The van der Waals surface area contributed by atoms with Crippen molar-refractivity contribution in [1.29, 1.82) is 0 Å². The van der Waals surface area contributed by atoms with Crippen LogP contribution in [0, 0.1) is 0 Å². The molecule has 8 aromatic carbocycles. The highest BCUT2D eigenvalue weighted by atomic mass is 28.3. The highest BCUT2D eigenvalue weighted by Gasteiger charge is 2.44. The van der Waals surface area contributed by atoms with Gasteiger partial charge in [0.2, 0.25) is 0 Å². The summed E-state index contributed by atoms with van der Waals surface area (Å²) in [5, 5.41) is 10.4. The molecule has 2 heterocycles. The Hall–Kier alpha value is -6.42. The smallest absolute Gasteiger partial charge is 0.179 e. The van der Waals surface area contributed by atoms with E-state index in [1.54, 1.807) is 0 Å². The van der Waals surface area contributed by atoms with Crippen LogP contribution in [0.25, 0.3) is 60.6 Å². The van der Waals surface area contributed by atoms with Crippen molar-refractivity contribution >= 4 is 72.6 Å². The molecule has 0 saturated carbocycles. The summed E-state index contributed by atoms with van der Waals surface area (Å²) in [4.78, 5) is 0. The fourth-order valence-electron chi connectivity index (χ4n) is 10.4. The third-order valence-electron chi connectivity index (χ3n) is 13.6. The molecule has 0 N–H and O–H groups in total. The van der Waals surface area contributed by atoms with Gasteiger partial charge in [-0.1, -0.05) is 173 Å². The lowest BCUT2D eigenvalue weighted by atomic mass is 9.63. The molecule has 1 aliphatic rings. The van der Waals surface area contributed by atoms with Crippen LogP contribution in [-0.2, 0) is 10.8 Å². The Labute approximate surface area is 347 Å². The first-order chi connectivity index (χ1) is 28.7. The van der Waals surface area contributed by atoms with Crippen molar-refractivity contribution in [3.8, 4) is 16.8 Å². The van der Waals surface area contributed by atoms with E-state index >= 15 is 0 Å². The van der Waals surface area contributed by atoms with Gasteiger partial charge in [-0.25, -0.2) is 0 Å². The van der Waals surface area contributed by atoms with Gasteiger partial charge in [0, 0.05) is 27.2 Å². The minimum Gasteiger partial charge on any atom is -0.456 e. The summed E-state index contributed by atoms with van der Waals surface area (Å²) in [6.45, 7) is 9.76. The number of hydrogen-bond donors (Lipinski definition) is 0. The van der Waals surface area contributed by atoms with Gasteiger partial charge in [-0.05, 0) is 109 Å². The average molecular weight is 778 g/mol. The lowest BCUT2D eigenvalue weighted by Crippen LogP contribution is -2.75. The molecule has 0 amide bonds. The van der Waals surface area contributed by atoms with Gasteiger partial charge in [-0.15, -0.1) is 0 Å². The van der Waals surface area contributed by atoms with Crippen LogP contribution >= 0.6 is 0 Å². The monoisotopic (exact) mass is 777 g/mol. The van der Waals surface area contributed by atoms with Gasteiger partial charge in [0.05, 0.1) is 11.0 Å². The first-order valence-corrected chi connectivity index (χ1v) is 23.0. The molecule has 3 heteroatoms. The van der Waals surface area contributed by atoms with Crippen molar-refractivity contribution in [1.82, 2.24) is 4.57 Å². The molecule has 1 aliphatic carbocycles. The van der Waals surface area contributed by atoms with Crippen molar-refractivity contribution in [2.75, 3.05) is 0 Å². The maximum atomic E-state index is 6.21. The van der Waals surface area contributed by atoms with Gasteiger partial charge >= 0.3 is 0 Å². The van der Waals surface area contributed by atoms with Gasteiger partial charge < -0.3 is 8.98 Å². The zero-order chi connectivity index (χ0) is 39.9. The second-order valence-corrected chi connectivity index (χ2v) is 21.8. The van der Waals surface area contributed by atoms with Crippen LogP contribution in [0.1, 0.15) is 51.7 Å². The fraction of sp³-hybridized carbons (Fsp3) is 0.143. The predicted molar refractivity (Wildman–Crippen MR) is 252 cm³/mol. The van der Waals surface area contributed by atoms with Gasteiger partial charge in [-0.3, -0.25) is 0 Å². The first kappa shape index (κ1) is 35.7. The minimum atomic E-state index is -2.87. The number of rotatable bonds is 6. The Morgan fingerprint density at radius 3 is 1.75 bits per heavy atom. The molecule has 0 spiro atoms. The molecule has 0 bridgehead atoms. The van der Waals surface area contributed by atoms with Crippen LogP contribution in [0.2, 0.25) is 0 Å². The average Bonchev–Trinajstić information content (AvgIpc) is 3.81. The summed E-state index contributed by atoms with van der Waals surface area (Å²) < 4.78 is 8.71. The fourth-order valence-corrected chi connectivity index (χ4v) is 15.2. The van der Waals surface area contributed by atoms with E-state index < -0.39 is 8.07 Å². The van der Waals surface area contributed by atoms with Crippen molar-refractivity contribution in [3.63, 3.8) is 0 Å². The van der Waals surface area contributed by atoms with Crippen molar-refractivity contribution in [3.05, 3.63) is 199 Å². The maximum Gasteiger partial charge on any atom is 0.179 e. The third kappa shape index (κ3) is 5.52. The zero-order valence-corrected chi connectivity index (χ0v) is 35.2. The summed E-state index contributed by atoms with van der Waals surface area (Å²) in [5.41, 5.74) is 11.0. The Bertz CT molecular complexity index is 3180. The Balaban J connectivity index is 1.16. The van der Waals surface area contributed by atoms with Crippen molar-refractivity contribution in [2.24, 2.45) is 0 Å². The van der Waals surface area contributed by atoms with E-state index in [9.17, 15) is 0 Å². The van der Waals surface area contributed by atoms with Gasteiger partial charge in [-0.2, -0.15) is 0 Å². The molecule has 0 saturated heterocycles. The highest BCUT2D eigenvalue weighted by molar-refractivity contribution is 7.19. The molecule has 2 nitrogen and oxygen atoms in total. The summed E-state index contributed by atoms with van der Waals surface area (Å²) in [6, 6.07) is 70.7. The van der Waals surface area contributed by atoms with Gasteiger partial charge in [0.1, 0.15) is 11.2 Å². The van der Waals surface area contributed by atoms with E-state index in [1.807, 2.05) is 12.1 Å². The van der Waals surface area contributed by atoms with Crippen molar-refractivity contribution in [2.45, 2.75) is 51.4 Å². The van der Waals surface area contributed by atoms with Crippen LogP contribution in [0.15, 0.2) is 192 Å². The third-order valence-corrected chi connectivity index (χ3v) is 18.4. The Kier molecular flexibility index (Phi) is 8.06. The second kappa shape index (κ2) is 13.3. The molecule has 2 aromatic heterocycles. The number of furan rings is 1. The summed E-state index contributed by atoms with van der Waals surface area (Å²) in [5.74, 6) is 0. The number of benzene rings is 8. The number of hydrogen-bond acceptors (Lipinski definition) is 1. The van der Waals surface area contributed by atoms with Crippen LogP contribution in [0.4, 0.5) is 0 Å². The molecule has 0 atom stereocenters. The number of nitrogens with zero attached hydrogens (tertiary/aromatic N) is 1. The Morgan fingerprint density at radius 2 is 0.983 bits per heavy atom. The van der Waals surface area contributed by atoms with Crippen LogP contribution < -0.4 is 20.7 Å². The van der Waals surface area contributed by atoms with E-state index in [4.69, 9.17) is 4.42 Å². The molecule has 286 valence electrons. The van der Waals surface area contributed by atoms with E-state index in [-0.39, 0.29) is 10.8 Å². The molecule has 11 rings (SSSR count). The zero-order valence-electron chi connectivity index (χ0n) is 34.2. The number of para-hydroxylation sites is 2.